The topological polar surface area (TPSA) is 84.3 Å². The highest BCUT2D eigenvalue weighted by Gasteiger charge is 2.12. The first kappa shape index (κ1) is 17.0. The molecule has 1 amide bonds. The molecule has 2 aromatic carbocycles. The molecule has 7 heteroatoms. The Labute approximate surface area is 142 Å². The Kier molecular flexibility index (Phi) is 5.70. The molecule has 0 aliphatic heterocycles. The molecule has 0 unspecified atom stereocenters. The predicted octanol–water partition coefficient (Wildman–Crippen LogP) is 3.65. The number of hydrogen-bond donors (Lipinski definition) is 2. The van der Waals surface area contributed by atoms with E-state index in [1.165, 1.54) is 12.1 Å². The number of amides is 1. The zero-order chi connectivity index (χ0) is 16.8. The summed E-state index contributed by atoms with van der Waals surface area (Å²) in [5, 5.41) is 16.5. The van der Waals surface area contributed by atoms with E-state index in [-0.39, 0.29) is 24.2 Å². The molecular formula is C16H16BrN3O3. The van der Waals surface area contributed by atoms with Gasteiger partial charge in [-0.1, -0.05) is 40.2 Å². The number of hydrogen-bond acceptors (Lipinski definition) is 4. The lowest BCUT2D eigenvalue weighted by molar-refractivity contribution is -0.384. The average Bonchev–Trinajstić information content (AvgIpc) is 2.53. The summed E-state index contributed by atoms with van der Waals surface area (Å²) in [4.78, 5) is 22.3. The van der Waals surface area contributed by atoms with E-state index in [0.29, 0.717) is 5.69 Å². The molecule has 2 rings (SSSR count). The highest BCUT2D eigenvalue weighted by atomic mass is 79.9. The summed E-state index contributed by atoms with van der Waals surface area (Å²) in [5.41, 5.74) is 1.50. The zero-order valence-electron chi connectivity index (χ0n) is 12.5. The monoisotopic (exact) mass is 377 g/mol. The summed E-state index contributed by atoms with van der Waals surface area (Å²) in [6, 6.07) is 13.6. The maximum absolute atomic E-state index is 12.0. The number of non-ortho nitro benzene ring substituents is 1. The summed E-state index contributed by atoms with van der Waals surface area (Å²) in [6.45, 7) is 1.93. The van der Waals surface area contributed by atoms with Crippen molar-refractivity contribution in [1.29, 1.82) is 0 Å². The Hall–Kier alpha value is -2.41. The largest absolute Gasteiger partial charge is 0.376 e. The second-order valence-electron chi connectivity index (χ2n) is 4.97. The molecule has 0 aromatic heterocycles. The highest BCUT2D eigenvalue weighted by Crippen LogP contribution is 2.22. The second kappa shape index (κ2) is 7.73. The summed E-state index contributed by atoms with van der Waals surface area (Å²) in [5.74, 6) is -0.195. The molecular weight excluding hydrogens is 362 g/mol. The number of carbonyl (C=O) groups excluding carboxylic acids is 1. The smallest absolute Gasteiger partial charge is 0.271 e. The molecule has 0 spiro atoms. The summed E-state index contributed by atoms with van der Waals surface area (Å²) < 4.78 is 0.930. The number of benzene rings is 2. The Balaban J connectivity index is 1.91. The van der Waals surface area contributed by atoms with E-state index in [9.17, 15) is 14.9 Å². The molecule has 0 saturated carbocycles. The minimum absolute atomic E-state index is 0.0167. The fourth-order valence-electron chi connectivity index (χ4n) is 2.11. The molecule has 23 heavy (non-hydrogen) atoms. The van der Waals surface area contributed by atoms with Crippen molar-refractivity contribution in [2.45, 2.75) is 13.0 Å². The van der Waals surface area contributed by atoms with E-state index >= 15 is 0 Å². The number of halogens is 1. The third-order valence-electron chi connectivity index (χ3n) is 3.26. The lowest BCUT2D eigenvalue weighted by Gasteiger charge is -2.16. The fraction of sp³-hybridized carbons (Fsp3) is 0.188. The van der Waals surface area contributed by atoms with Crippen molar-refractivity contribution >= 4 is 33.2 Å². The van der Waals surface area contributed by atoms with Crippen molar-refractivity contribution in [3.8, 4) is 0 Å². The quantitative estimate of drug-likeness (QED) is 0.594. The Morgan fingerprint density at radius 1 is 1.26 bits per heavy atom. The minimum Gasteiger partial charge on any atom is -0.376 e. The molecule has 0 radical (unpaired) electrons. The van der Waals surface area contributed by atoms with Gasteiger partial charge in [0.25, 0.3) is 5.69 Å². The van der Waals surface area contributed by atoms with E-state index in [2.05, 4.69) is 26.6 Å². The maximum Gasteiger partial charge on any atom is 0.271 e. The first-order valence-electron chi connectivity index (χ1n) is 6.99. The van der Waals surface area contributed by atoms with Crippen molar-refractivity contribution in [1.82, 2.24) is 5.32 Å². The van der Waals surface area contributed by atoms with Crippen LogP contribution in [-0.2, 0) is 4.79 Å². The van der Waals surface area contributed by atoms with Gasteiger partial charge in [0.1, 0.15) is 0 Å². The molecule has 0 saturated heterocycles. The van der Waals surface area contributed by atoms with Crippen LogP contribution in [0, 0.1) is 10.1 Å². The molecule has 0 heterocycles. The number of nitro benzene ring substituents is 1. The van der Waals surface area contributed by atoms with Crippen LogP contribution in [0.2, 0.25) is 0 Å². The van der Waals surface area contributed by atoms with E-state index in [0.717, 1.165) is 10.0 Å². The van der Waals surface area contributed by atoms with Gasteiger partial charge in [-0.3, -0.25) is 14.9 Å². The minimum atomic E-state index is -0.472. The molecule has 0 aliphatic rings. The number of carbonyl (C=O) groups is 1. The van der Waals surface area contributed by atoms with Crippen LogP contribution in [0.1, 0.15) is 18.5 Å². The number of anilines is 1. The van der Waals surface area contributed by atoms with Crippen LogP contribution < -0.4 is 10.6 Å². The lowest BCUT2D eigenvalue weighted by Crippen LogP contribution is -2.32. The van der Waals surface area contributed by atoms with Crippen molar-refractivity contribution < 1.29 is 9.72 Å². The zero-order valence-corrected chi connectivity index (χ0v) is 14.0. The van der Waals surface area contributed by atoms with Crippen LogP contribution in [-0.4, -0.2) is 17.4 Å². The van der Waals surface area contributed by atoms with E-state index in [1.807, 2.05) is 31.2 Å². The van der Waals surface area contributed by atoms with Gasteiger partial charge in [-0.2, -0.15) is 0 Å². The summed E-state index contributed by atoms with van der Waals surface area (Å²) >= 11 is 3.45. The van der Waals surface area contributed by atoms with Gasteiger partial charge in [-0.25, -0.2) is 0 Å². The molecule has 1 atom stereocenters. The first-order valence-corrected chi connectivity index (χ1v) is 7.79. The molecule has 0 bridgehead atoms. The molecule has 0 fully saturated rings. The predicted molar refractivity (Wildman–Crippen MR) is 92.3 cm³/mol. The second-order valence-corrected chi connectivity index (χ2v) is 5.83. The molecule has 2 aromatic rings. The number of nitro groups is 1. The number of nitrogens with one attached hydrogen (secondary N) is 2. The lowest BCUT2D eigenvalue weighted by atomic mass is 10.1. The Bertz CT molecular complexity index is 721. The number of nitrogens with zero attached hydrogens (tertiary/aromatic N) is 1. The molecule has 120 valence electrons. The van der Waals surface area contributed by atoms with Gasteiger partial charge in [-0.15, -0.1) is 0 Å². The van der Waals surface area contributed by atoms with Crippen LogP contribution in [0.15, 0.2) is 53.0 Å². The van der Waals surface area contributed by atoms with Gasteiger partial charge in [0.05, 0.1) is 17.5 Å². The van der Waals surface area contributed by atoms with Crippen molar-refractivity contribution in [3.05, 3.63) is 68.7 Å². The average molecular weight is 378 g/mol. The standard InChI is InChI=1S/C16H16BrN3O3/c1-11(14-7-2-3-8-15(14)17)19-16(21)10-18-12-5-4-6-13(9-12)20(22)23/h2-9,11,18H,10H2,1H3,(H,19,21)/t11-/m1/s1. The van der Waals surface area contributed by atoms with Crippen LogP contribution in [0.4, 0.5) is 11.4 Å². The molecule has 6 nitrogen and oxygen atoms in total. The molecule has 0 aliphatic carbocycles. The van der Waals surface area contributed by atoms with E-state index < -0.39 is 4.92 Å². The van der Waals surface area contributed by atoms with Crippen molar-refractivity contribution in [3.63, 3.8) is 0 Å². The van der Waals surface area contributed by atoms with Crippen molar-refractivity contribution in [2.75, 3.05) is 11.9 Å². The van der Waals surface area contributed by atoms with Crippen LogP contribution >= 0.6 is 15.9 Å². The Morgan fingerprint density at radius 2 is 2.00 bits per heavy atom. The van der Waals surface area contributed by atoms with Crippen molar-refractivity contribution in [2.24, 2.45) is 0 Å². The third kappa shape index (κ3) is 4.79. The van der Waals surface area contributed by atoms with Crippen LogP contribution in [0.3, 0.4) is 0 Å². The fourth-order valence-corrected chi connectivity index (χ4v) is 2.74. The van der Waals surface area contributed by atoms with Gasteiger partial charge in [0, 0.05) is 22.3 Å². The first-order chi connectivity index (χ1) is 11.0. The molecule has 2 N–H and O–H groups in total. The maximum atomic E-state index is 12.0. The van der Waals surface area contributed by atoms with Gasteiger partial charge in [-0.05, 0) is 24.6 Å². The normalized spacial score (nSPS) is 11.6. The summed E-state index contributed by atoms with van der Waals surface area (Å²) in [6.07, 6.45) is 0. The third-order valence-corrected chi connectivity index (χ3v) is 3.98. The van der Waals surface area contributed by atoms with Gasteiger partial charge >= 0.3 is 0 Å². The van der Waals surface area contributed by atoms with Crippen LogP contribution in [0.5, 0.6) is 0 Å². The van der Waals surface area contributed by atoms with Gasteiger partial charge in [0.2, 0.25) is 5.91 Å². The highest BCUT2D eigenvalue weighted by molar-refractivity contribution is 9.10. The number of rotatable bonds is 6. The Morgan fingerprint density at radius 3 is 2.70 bits per heavy atom. The van der Waals surface area contributed by atoms with E-state index in [1.54, 1.807) is 12.1 Å². The van der Waals surface area contributed by atoms with Gasteiger partial charge < -0.3 is 10.6 Å². The van der Waals surface area contributed by atoms with Gasteiger partial charge in [0.15, 0.2) is 0 Å². The van der Waals surface area contributed by atoms with Crippen LogP contribution in [0.25, 0.3) is 0 Å². The van der Waals surface area contributed by atoms with E-state index in [4.69, 9.17) is 0 Å². The summed E-state index contributed by atoms with van der Waals surface area (Å²) in [7, 11) is 0. The SMILES string of the molecule is C[C@@H](NC(=O)CNc1cccc([N+](=O)[O-])c1)c1ccccc1Br.